The smallest absolute Gasteiger partial charge is 0.262 e. The Labute approximate surface area is 210 Å². The van der Waals surface area contributed by atoms with Crippen molar-refractivity contribution in [2.24, 2.45) is 5.73 Å². The summed E-state index contributed by atoms with van der Waals surface area (Å²) in [5.74, 6) is -2.00. The first-order valence-corrected chi connectivity index (χ1v) is 11.2. The highest BCUT2D eigenvalue weighted by Crippen LogP contribution is 2.38. The number of anilines is 1. The summed E-state index contributed by atoms with van der Waals surface area (Å²) in [4.78, 5) is 25.9. The van der Waals surface area contributed by atoms with Crippen LogP contribution in [-0.4, -0.2) is 44.4 Å². The molecule has 1 aliphatic heterocycles. The van der Waals surface area contributed by atoms with Crippen molar-refractivity contribution in [2.45, 2.75) is 5.67 Å². The highest BCUT2D eigenvalue weighted by atomic mass is 35.5. The van der Waals surface area contributed by atoms with Gasteiger partial charge in [-0.3, -0.25) is 9.59 Å². The highest BCUT2D eigenvalue weighted by Gasteiger charge is 2.40. The minimum atomic E-state index is -1.67. The van der Waals surface area contributed by atoms with Crippen LogP contribution in [0.4, 0.5) is 14.5 Å². The minimum Gasteiger partial charge on any atom is -0.488 e. The number of hydrogen-bond acceptors (Lipinski definition) is 4. The summed E-state index contributed by atoms with van der Waals surface area (Å²) >= 11 is 12.4. The lowest BCUT2D eigenvalue weighted by Gasteiger charge is -2.33. The van der Waals surface area contributed by atoms with E-state index in [9.17, 15) is 18.4 Å². The molecule has 10 heteroatoms. The molecule has 3 aromatic rings. The van der Waals surface area contributed by atoms with Crippen molar-refractivity contribution in [1.29, 1.82) is 0 Å². The van der Waals surface area contributed by atoms with Crippen LogP contribution in [0, 0.1) is 5.82 Å². The molecule has 0 aromatic heterocycles. The summed E-state index contributed by atoms with van der Waals surface area (Å²) < 4.78 is 39.7. The predicted octanol–water partition coefficient (Wildman–Crippen LogP) is 5.29. The number of alkyl halides is 1. The van der Waals surface area contributed by atoms with Crippen LogP contribution in [0.3, 0.4) is 0 Å². The SMILES string of the molecule is CN(C(=O)c1c(F)cccc1Cl)c1ccc(-c2cc(C(N)=O)ccc2Cl)cc1OCC1(F)COC1. The topological polar surface area (TPSA) is 81.9 Å². The summed E-state index contributed by atoms with van der Waals surface area (Å²) in [5.41, 5.74) is 4.90. The molecule has 0 atom stereocenters. The number of halogens is 4. The monoisotopic (exact) mass is 520 g/mol. The first-order valence-electron chi connectivity index (χ1n) is 10.4. The molecular weight excluding hydrogens is 501 g/mol. The summed E-state index contributed by atoms with van der Waals surface area (Å²) in [5, 5.41) is 0.288. The van der Waals surface area contributed by atoms with Gasteiger partial charge in [0, 0.05) is 23.2 Å². The zero-order valence-corrected chi connectivity index (χ0v) is 20.0. The molecule has 0 unspecified atom stereocenters. The van der Waals surface area contributed by atoms with Gasteiger partial charge in [-0.05, 0) is 48.0 Å². The lowest BCUT2D eigenvalue weighted by Crippen LogP contribution is -2.50. The van der Waals surface area contributed by atoms with Gasteiger partial charge >= 0.3 is 0 Å². The fraction of sp³-hybridized carbons (Fsp3) is 0.200. The number of ether oxygens (including phenoxy) is 2. The van der Waals surface area contributed by atoms with E-state index >= 15 is 0 Å². The second kappa shape index (κ2) is 9.81. The van der Waals surface area contributed by atoms with Crippen LogP contribution in [0.15, 0.2) is 54.6 Å². The number of primary amides is 1. The molecule has 1 heterocycles. The fourth-order valence-corrected chi connectivity index (χ4v) is 4.04. The Morgan fingerprint density at radius 2 is 1.86 bits per heavy atom. The molecule has 0 aliphatic carbocycles. The van der Waals surface area contributed by atoms with Gasteiger partial charge in [-0.25, -0.2) is 8.78 Å². The van der Waals surface area contributed by atoms with Gasteiger partial charge in [0.25, 0.3) is 5.91 Å². The molecule has 182 valence electrons. The van der Waals surface area contributed by atoms with Crippen LogP contribution in [0.2, 0.25) is 10.0 Å². The number of carbonyl (C=O) groups excluding carboxylic acids is 2. The first-order chi connectivity index (χ1) is 16.6. The van der Waals surface area contributed by atoms with Crippen molar-refractivity contribution >= 4 is 40.7 Å². The van der Waals surface area contributed by atoms with E-state index in [0.717, 1.165) is 11.0 Å². The Morgan fingerprint density at radius 1 is 1.11 bits per heavy atom. The molecule has 4 rings (SSSR count). The number of amides is 2. The third-order valence-corrected chi connectivity index (χ3v) is 6.22. The molecule has 35 heavy (non-hydrogen) atoms. The summed E-state index contributed by atoms with van der Waals surface area (Å²) in [6, 6.07) is 13.2. The molecule has 2 amide bonds. The minimum absolute atomic E-state index is 0.0506. The zero-order valence-electron chi connectivity index (χ0n) is 18.5. The van der Waals surface area contributed by atoms with Crippen molar-refractivity contribution in [3.63, 3.8) is 0 Å². The van der Waals surface area contributed by atoms with E-state index in [1.165, 1.54) is 37.4 Å². The zero-order chi connectivity index (χ0) is 25.3. The Kier molecular flexibility index (Phi) is 6.98. The maximum Gasteiger partial charge on any atom is 0.262 e. The molecule has 0 spiro atoms. The molecule has 2 N–H and O–H groups in total. The lowest BCUT2D eigenvalue weighted by atomic mass is 10.0. The van der Waals surface area contributed by atoms with Crippen molar-refractivity contribution in [2.75, 3.05) is 31.8 Å². The Hall–Kier alpha value is -3.20. The average molecular weight is 521 g/mol. The molecule has 1 fully saturated rings. The second-order valence-corrected chi connectivity index (χ2v) is 8.95. The van der Waals surface area contributed by atoms with Gasteiger partial charge < -0.3 is 20.1 Å². The van der Waals surface area contributed by atoms with Crippen LogP contribution < -0.4 is 15.4 Å². The third-order valence-electron chi connectivity index (χ3n) is 5.57. The van der Waals surface area contributed by atoms with Gasteiger partial charge in [0.1, 0.15) is 18.2 Å². The quantitative estimate of drug-likeness (QED) is 0.458. The maximum absolute atomic E-state index is 14.6. The standard InChI is InChI=1S/C25H20Cl2F2N2O4/c1-31(24(33)22-18(27)3-2-4-19(22)28)20-8-6-14(10-21(20)35-13-25(29)11-34-12-25)16-9-15(23(30)32)5-7-17(16)26/h2-10H,11-13H2,1H3,(H2,30,32). The van der Waals surface area contributed by atoms with E-state index in [1.54, 1.807) is 18.2 Å². The second-order valence-electron chi connectivity index (χ2n) is 8.13. The van der Waals surface area contributed by atoms with E-state index in [2.05, 4.69) is 0 Å². The predicted molar refractivity (Wildman–Crippen MR) is 130 cm³/mol. The lowest BCUT2D eigenvalue weighted by molar-refractivity contribution is -0.146. The summed E-state index contributed by atoms with van der Waals surface area (Å²) in [6.45, 7) is -0.566. The number of benzene rings is 3. The van der Waals surface area contributed by atoms with E-state index in [-0.39, 0.29) is 47.4 Å². The molecule has 0 bridgehead atoms. The van der Waals surface area contributed by atoms with Gasteiger partial charge in [-0.15, -0.1) is 0 Å². The Morgan fingerprint density at radius 3 is 2.49 bits per heavy atom. The number of rotatable bonds is 7. The summed E-state index contributed by atoms with van der Waals surface area (Å²) in [7, 11) is 1.42. The molecule has 0 radical (unpaired) electrons. The van der Waals surface area contributed by atoms with Crippen molar-refractivity contribution in [3.8, 4) is 16.9 Å². The van der Waals surface area contributed by atoms with Crippen molar-refractivity contribution in [3.05, 3.63) is 81.6 Å². The summed E-state index contributed by atoms with van der Waals surface area (Å²) in [6.07, 6.45) is 0. The molecule has 1 aliphatic rings. The highest BCUT2D eigenvalue weighted by molar-refractivity contribution is 6.34. The number of hydrogen-bond donors (Lipinski definition) is 1. The van der Waals surface area contributed by atoms with Crippen molar-refractivity contribution in [1.82, 2.24) is 0 Å². The molecule has 1 saturated heterocycles. The van der Waals surface area contributed by atoms with Crippen LogP contribution in [0.25, 0.3) is 11.1 Å². The van der Waals surface area contributed by atoms with E-state index < -0.39 is 23.3 Å². The third kappa shape index (κ3) is 5.10. The van der Waals surface area contributed by atoms with Gasteiger partial charge in [-0.1, -0.05) is 35.3 Å². The van der Waals surface area contributed by atoms with Gasteiger partial charge in [-0.2, -0.15) is 0 Å². The van der Waals surface area contributed by atoms with Crippen LogP contribution in [0.1, 0.15) is 20.7 Å². The average Bonchev–Trinajstić information content (AvgIpc) is 2.81. The van der Waals surface area contributed by atoms with E-state index in [1.807, 2.05) is 0 Å². The molecule has 3 aromatic carbocycles. The number of nitrogens with zero attached hydrogens (tertiary/aromatic N) is 1. The molecular formula is C25H20Cl2F2N2O4. The van der Waals surface area contributed by atoms with Gasteiger partial charge in [0.15, 0.2) is 5.67 Å². The van der Waals surface area contributed by atoms with E-state index in [0.29, 0.717) is 16.1 Å². The number of carbonyl (C=O) groups is 2. The first kappa shape index (κ1) is 24.9. The Bertz CT molecular complexity index is 1290. The maximum atomic E-state index is 14.6. The number of nitrogens with two attached hydrogens (primary N) is 1. The van der Waals surface area contributed by atoms with Crippen LogP contribution in [0.5, 0.6) is 5.75 Å². The van der Waals surface area contributed by atoms with Crippen LogP contribution >= 0.6 is 23.2 Å². The Balaban J connectivity index is 1.76. The molecule has 6 nitrogen and oxygen atoms in total. The van der Waals surface area contributed by atoms with Gasteiger partial charge in [0.2, 0.25) is 5.91 Å². The van der Waals surface area contributed by atoms with E-state index in [4.69, 9.17) is 38.4 Å². The van der Waals surface area contributed by atoms with Crippen molar-refractivity contribution < 1.29 is 27.8 Å². The largest absolute Gasteiger partial charge is 0.488 e. The van der Waals surface area contributed by atoms with Crippen LogP contribution in [-0.2, 0) is 4.74 Å². The fourth-order valence-electron chi connectivity index (χ4n) is 3.57. The normalized spacial score (nSPS) is 14.2. The molecule has 0 saturated carbocycles. The van der Waals surface area contributed by atoms with Gasteiger partial charge in [0.05, 0.1) is 29.5 Å².